The Morgan fingerprint density at radius 1 is 1.33 bits per heavy atom. The number of carbonyl (C=O) groups is 2. The molecule has 1 aromatic carbocycles. The van der Waals surface area contributed by atoms with Crippen molar-refractivity contribution in [1.82, 2.24) is 10.2 Å². The maximum atomic E-state index is 11.7. The number of aryl methyl sites for hydroxylation is 2. The predicted molar refractivity (Wildman–Crippen MR) is 81.1 cm³/mol. The SMILES string of the molecule is COc1c(C)cc(CN(C)[C@H](C)C(=O)NC(N)=O)cc1C. The number of amides is 3. The molecule has 0 fully saturated rings. The molecule has 0 aliphatic rings. The Kier molecular flexibility index (Phi) is 5.72. The lowest BCUT2D eigenvalue weighted by molar-refractivity contribution is -0.124. The minimum atomic E-state index is -0.837. The molecule has 0 bridgehead atoms. The van der Waals surface area contributed by atoms with Gasteiger partial charge in [-0.3, -0.25) is 15.0 Å². The number of hydrogen-bond acceptors (Lipinski definition) is 4. The quantitative estimate of drug-likeness (QED) is 0.857. The van der Waals surface area contributed by atoms with Gasteiger partial charge in [0.2, 0.25) is 5.91 Å². The summed E-state index contributed by atoms with van der Waals surface area (Å²) in [4.78, 5) is 24.3. The standard InChI is InChI=1S/C15H23N3O3/c1-9-6-12(7-10(2)13(9)21-5)8-18(4)11(3)14(19)17-15(16)20/h6-7,11H,8H2,1-5H3,(H3,16,17,19,20)/t11-/m1/s1. The summed E-state index contributed by atoms with van der Waals surface area (Å²) in [5.74, 6) is 0.466. The zero-order chi connectivity index (χ0) is 16.2. The topological polar surface area (TPSA) is 84.7 Å². The van der Waals surface area contributed by atoms with Crippen molar-refractivity contribution in [2.45, 2.75) is 33.4 Å². The first kappa shape index (κ1) is 17.0. The maximum absolute atomic E-state index is 11.7. The fraction of sp³-hybridized carbons (Fsp3) is 0.467. The number of likely N-dealkylation sites (N-methyl/N-ethyl adjacent to an activating group) is 1. The third kappa shape index (κ3) is 4.46. The second-order valence-corrected chi connectivity index (χ2v) is 5.21. The number of urea groups is 1. The zero-order valence-corrected chi connectivity index (χ0v) is 13.2. The number of nitrogens with two attached hydrogens (primary N) is 1. The van der Waals surface area contributed by atoms with E-state index >= 15 is 0 Å². The molecule has 0 aliphatic carbocycles. The van der Waals surface area contributed by atoms with Crippen LogP contribution in [0.2, 0.25) is 0 Å². The molecular weight excluding hydrogens is 270 g/mol. The van der Waals surface area contributed by atoms with Crippen molar-refractivity contribution in [2.24, 2.45) is 5.73 Å². The monoisotopic (exact) mass is 293 g/mol. The minimum Gasteiger partial charge on any atom is -0.496 e. The van der Waals surface area contributed by atoms with Crippen LogP contribution < -0.4 is 15.8 Å². The number of carbonyl (C=O) groups excluding carboxylic acids is 2. The van der Waals surface area contributed by atoms with Crippen LogP contribution in [0.3, 0.4) is 0 Å². The molecule has 116 valence electrons. The molecule has 0 aromatic heterocycles. The number of ether oxygens (including phenoxy) is 1. The highest BCUT2D eigenvalue weighted by molar-refractivity contribution is 5.96. The largest absolute Gasteiger partial charge is 0.496 e. The predicted octanol–water partition coefficient (Wildman–Crippen LogP) is 1.33. The second kappa shape index (κ2) is 7.08. The van der Waals surface area contributed by atoms with Gasteiger partial charge < -0.3 is 10.5 Å². The molecule has 6 nitrogen and oxygen atoms in total. The van der Waals surface area contributed by atoms with Crippen LogP contribution in [0.1, 0.15) is 23.6 Å². The number of nitrogens with zero attached hydrogens (tertiary/aromatic N) is 1. The van der Waals surface area contributed by atoms with Gasteiger partial charge in [-0.2, -0.15) is 0 Å². The second-order valence-electron chi connectivity index (χ2n) is 5.21. The van der Waals surface area contributed by atoms with Gasteiger partial charge in [-0.1, -0.05) is 12.1 Å². The van der Waals surface area contributed by atoms with Crippen LogP contribution in [0.5, 0.6) is 5.75 Å². The highest BCUT2D eigenvalue weighted by Crippen LogP contribution is 2.25. The number of methoxy groups -OCH3 is 1. The van der Waals surface area contributed by atoms with Crippen molar-refractivity contribution in [1.29, 1.82) is 0 Å². The fourth-order valence-electron chi connectivity index (χ4n) is 2.30. The molecule has 0 radical (unpaired) electrons. The lowest BCUT2D eigenvalue weighted by Gasteiger charge is -2.24. The van der Waals surface area contributed by atoms with E-state index < -0.39 is 18.0 Å². The lowest BCUT2D eigenvalue weighted by atomic mass is 10.0. The number of hydrogen-bond donors (Lipinski definition) is 2. The summed E-state index contributed by atoms with van der Waals surface area (Å²) in [7, 11) is 3.47. The summed E-state index contributed by atoms with van der Waals surface area (Å²) in [5, 5.41) is 2.09. The Morgan fingerprint density at radius 2 is 1.86 bits per heavy atom. The van der Waals surface area contributed by atoms with E-state index in [-0.39, 0.29) is 0 Å². The fourth-order valence-corrected chi connectivity index (χ4v) is 2.30. The van der Waals surface area contributed by atoms with Crippen LogP contribution in [0.4, 0.5) is 4.79 Å². The molecule has 0 spiro atoms. The molecule has 21 heavy (non-hydrogen) atoms. The maximum Gasteiger partial charge on any atom is 0.318 e. The first-order valence-electron chi connectivity index (χ1n) is 6.71. The molecule has 0 heterocycles. The number of primary amides is 1. The first-order chi connectivity index (χ1) is 9.76. The van der Waals surface area contributed by atoms with Crippen LogP contribution >= 0.6 is 0 Å². The third-order valence-corrected chi connectivity index (χ3v) is 3.44. The van der Waals surface area contributed by atoms with Gasteiger partial charge in [-0.25, -0.2) is 4.79 Å². The van der Waals surface area contributed by atoms with Gasteiger partial charge in [-0.05, 0) is 44.5 Å². The van der Waals surface area contributed by atoms with E-state index in [2.05, 4.69) is 5.32 Å². The molecule has 1 atom stereocenters. The van der Waals surface area contributed by atoms with E-state index in [4.69, 9.17) is 10.5 Å². The van der Waals surface area contributed by atoms with Crippen LogP contribution in [-0.4, -0.2) is 37.0 Å². The molecule has 3 N–H and O–H groups in total. The van der Waals surface area contributed by atoms with Crippen molar-refractivity contribution in [3.05, 3.63) is 28.8 Å². The molecule has 0 aliphatic heterocycles. The number of imide groups is 1. The average Bonchev–Trinajstić information content (AvgIpc) is 2.36. The van der Waals surface area contributed by atoms with Crippen LogP contribution in [0.25, 0.3) is 0 Å². The van der Waals surface area contributed by atoms with E-state index in [1.54, 1.807) is 14.0 Å². The molecule has 0 unspecified atom stereocenters. The van der Waals surface area contributed by atoms with Gasteiger partial charge in [-0.15, -0.1) is 0 Å². The molecular formula is C15H23N3O3. The molecule has 6 heteroatoms. The highest BCUT2D eigenvalue weighted by Gasteiger charge is 2.19. The van der Waals surface area contributed by atoms with Crippen molar-refractivity contribution in [2.75, 3.05) is 14.2 Å². The van der Waals surface area contributed by atoms with Crippen LogP contribution in [0, 0.1) is 13.8 Å². The summed E-state index contributed by atoms with van der Waals surface area (Å²) < 4.78 is 5.34. The number of nitrogens with one attached hydrogen (secondary N) is 1. The van der Waals surface area contributed by atoms with E-state index in [1.807, 2.05) is 37.9 Å². The smallest absolute Gasteiger partial charge is 0.318 e. The van der Waals surface area contributed by atoms with Gasteiger partial charge in [0.25, 0.3) is 0 Å². The average molecular weight is 293 g/mol. The normalized spacial score (nSPS) is 12.1. The van der Waals surface area contributed by atoms with Crippen molar-refractivity contribution in [3.63, 3.8) is 0 Å². The van der Waals surface area contributed by atoms with E-state index in [1.165, 1.54) is 0 Å². The van der Waals surface area contributed by atoms with Gasteiger partial charge in [0.05, 0.1) is 13.2 Å². The first-order valence-corrected chi connectivity index (χ1v) is 6.71. The summed E-state index contributed by atoms with van der Waals surface area (Å²) >= 11 is 0. The Balaban J connectivity index is 2.81. The molecule has 1 rings (SSSR count). The number of rotatable bonds is 5. The molecule has 1 aromatic rings. The summed E-state index contributed by atoms with van der Waals surface area (Å²) in [6.45, 7) is 6.28. The van der Waals surface area contributed by atoms with Crippen molar-refractivity contribution >= 4 is 11.9 Å². The summed E-state index contributed by atoms with van der Waals surface area (Å²) in [6, 6.07) is 2.76. The van der Waals surface area contributed by atoms with E-state index in [0.717, 1.165) is 22.4 Å². The van der Waals surface area contributed by atoms with Crippen molar-refractivity contribution in [3.8, 4) is 5.75 Å². The van der Waals surface area contributed by atoms with Gasteiger partial charge >= 0.3 is 6.03 Å². The van der Waals surface area contributed by atoms with E-state index in [0.29, 0.717) is 6.54 Å². The summed E-state index contributed by atoms with van der Waals surface area (Å²) in [5.41, 5.74) is 8.13. The van der Waals surface area contributed by atoms with Gasteiger partial charge in [0.1, 0.15) is 5.75 Å². The lowest BCUT2D eigenvalue weighted by Crippen LogP contribution is -2.46. The van der Waals surface area contributed by atoms with Crippen LogP contribution in [0.15, 0.2) is 12.1 Å². The Bertz CT molecular complexity index is 520. The minimum absolute atomic E-state index is 0.410. The van der Waals surface area contributed by atoms with E-state index in [9.17, 15) is 9.59 Å². The molecule has 0 saturated heterocycles. The van der Waals surface area contributed by atoms with Crippen LogP contribution in [-0.2, 0) is 11.3 Å². The number of benzene rings is 1. The van der Waals surface area contributed by atoms with Gasteiger partial charge in [0.15, 0.2) is 0 Å². The zero-order valence-electron chi connectivity index (χ0n) is 13.2. The highest BCUT2D eigenvalue weighted by atomic mass is 16.5. The van der Waals surface area contributed by atoms with Crippen molar-refractivity contribution < 1.29 is 14.3 Å². The Hall–Kier alpha value is -2.08. The molecule has 0 saturated carbocycles. The summed E-state index contributed by atoms with van der Waals surface area (Å²) in [6.07, 6.45) is 0. The molecule has 3 amide bonds. The van der Waals surface area contributed by atoms with Gasteiger partial charge in [0, 0.05) is 6.54 Å². The Morgan fingerprint density at radius 3 is 2.29 bits per heavy atom. The third-order valence-electron chi connectivity index (χ3n) is 3.44. The Labute approximate surface area is 125 Å².